The summed E-state index contributed by atoms with van der Waals surface area (Å²) in [6, 6.07) is -0.406. The molecule has 0 atom stereocenters. The highest BCUT2D eigenvalue weighted by Crippen LogP contribution is 2.26. The first-order valence-electron chi connectivity index (χ1n) is 2.78. The van der Waals surface area contributed by atoms with E-state index in [1.165, 1.54) is 19.0 Å². The Morgan fingerprint density at radius 1 is 1.55 bits per heavy atom. The first kappa shape index (κ1) is 11.1. The minimum atomic E-state index is -1.44. The minimum absolute atomic E-state index is 0.0356. The van der Waals surface area contributed by atoms with Crippen molar-refractivity contribution >= 4 is 40.8 Å². The fourth-order valence-corrected chi connectivity index (χ4v) is 1.05. The zero-order valence-corrected chi connectivity index (χ0v) is 8.41. The first-order chi connectivity index (χ1) is 4.87. The molecule has 2 amide bonds. The van der Waals surface area contributed by atoms with Crippen LogP contribution in [0.15, 0.2) is 0 Å². The summed E-state index contributed by atoms with van der Waals surface area (Å²) >= 11 is 16.3. The van der Waals surface area contributed by atoms with Gasteiger partial charge in [-0.3, -0.25) is 0 Å². The van der Waals surface area contributed by atoms with Crippen molar-refractivity contribution in [1.82, 2.24) is 10.2 Å². The van der Waals surface area contributed by atoms with Crippen molar-refractivity contribution in [2.24, 2.45) is 0 Å². The van der Waals surface area contributed by atoms with Gasteiger partial charge >= 0.3 is 6.03 Å². The van der Waals surface area contributed by atoms with Crippen LogP contribution in [0.3, 0.4) is 0 Å². The monoisotopic (exact) mass is 217 g/mol. The lowest BCUT2D eigenvalue weighted by Gasteiger charge is -2.19. The average Bonchev–Trinajstić information content (AvgIpc) is 1.82. The number of alkyl halides is 3. The molecule has 0 aromatic carbocycles. The Morgan fingerprint density at radius 2 is 2.00 bits per heavy atom. The van der Waals surface area contributed by atoms with Crippen LogP contribution in [0.25, 0.3) is 0 Å². The largest absolute Gasteiger partial charge is 0.338 e. The van der Waals surface area contributed by atoms with Gasteiger partial charge in [0.15, 0.2) is 0 Å². The SMILES string of the molecule is C[N]C(=O)N(C)CC(Cl)(Cl)Cl. The number of amides is 2. The van der Waals surface area contributed by atoms with E-state index < -0.39 is 9.82 Å². The van der Waals surface area contributed by atoms with E-state index in [0.717, 1.165) is 0 Å². The summed E-state index contributed by atoms with van der Waals surface area (Å²) < 4.78 is -1.44. The van der Waals surface area contributed by atoms with E-state index in [4.69, 9.17) is 34.8 Å². The van der Waals surface area contributed by atoms with Crippen LogP contribution < -0.4 is 5.32 Å². The Kier molecular flexibility index (Phi) is 4.29. The number of hydrogen-bond acceptors (Lipinski definition) is 1. The molecule has 11 heavy (non-hydrogen) atoms. The van der Waals surface area contributed by atoms with Gasteiger partial charge in [0.2, 0.25) is 3.79 Å². The highest BCUT2D eigenvalue weighted by atomic mass is 35.6. The van der Waals surface area contributed by atoms with Crippen LogP contribution >= 0.6 is 34.8 Å². The number of halogens is 3. The van der Waals surface area contributed by atoms with Crippen LogP contribution in [-0.4, -0.2) is 35.4 Å². The molecule has 65 valence electrons. The minimum Gasteiger partial charge on any atom is -0.322 e. The van der Waals surface area contributed by atoms with Crippen molar-refractivity contribution < 1.29 is 4.79 Å². The van der Waals surface area contributed by atoms with Crippen molar-refractivity contribution in [2.45, 2.75) is 3.79 Å². The molecule has 0 aliphatic heterocycles. The van der Waals surface area contributed by atoms with Gasteiger partial charge in [0.25, 0.3) is 0 Å². The highest BCUT2D eigenvalue weighted by Gasteiger charge is 2.24. The lowest BCUT2D eigenvalue weighted by molar-refractivity contribution is 0.211. The zero-order chi connectivity index (χ0) is 9.07. The summed E-state index contributed by atoms with van der Waals surface area (Å²) in [7, 11) is 2.90. The molecule has 0 bridgehead atoms. The quantitative estimate of drug-likeness (QED) is 0.616. The van der Waals surface area contributed by atoms with Gasteiger partial charge in [-0.25, -0.2) is 10.1 Å². The van der Waals surface area contributed by atoms with Crippen LogP contribution in [0.5, 0.6) is 0 Å². The Bertz CT molecular complexity index is 145. The Hall–Kier alpha value is 0.140. The molecule has 0 saturated carbocycles. The van der Waals surface area contributed by atoms with E-state index >= 15 is 0 Å². The molecule has 0 unspecified atom stereocenters. The summed E-state index contributed by atoms with van der Waals surface area (Å²) in [5.41, 5.74) is 0. The Morgan fingerprint density at radius 3 is 2.27 bits per heavy atom. The maximum atomic E-state index is 10.8. The molecule has 6 heteroatoms. The van der Waals surface area contributed by atoms with Crippen LogP contribution in [-0.2, 0) is 0 Å². The standard InChI is InChI=1S/C5H8Cl3N2O/c1-9-4(11)10(2)3-5(6,7)8/h3H2,1-2H3. The second-order valence-corrected chi connectivity index (χ2v) is 4.49. The lowest BCUT2D eigenvalue weighted by atomic mass is 10.6. The predicted molar refractivity (Wildman–Crippen MR) is 46.4 cm³/mol. The third-order valence-electron chi connectivity index (χ3n) is 0.934. The second kappa shape index (κ2) is 4.24. The fourth-order valence-electron chi connectivity index (χ4n) is 0.507. The van der Waals surface area contributed by atoms with Crippen molar-refractivity contribution in [3.05, 3.63) is 0 Å². The molecule has 0 N–H and O–H groups in total. The summed E-state index contributed by atoms with van der Waals surface area (Å²) in [5.74, 6) is 0. The van der Waals surface area contributed by atoms with Crippen molar-refractivity contribution in [3.8, 4) is 0 Å². The van der Waals surface area contributed by atoms with Crippen molar-refractivity contribution in [3.63, 3.8) is 0 Å². The third kappa shape index (κ3) is 5.41. The molecule has 0 aliphatic rings. The molecule has 0 saturated heterocycles. The lowest BCUT2D eigenvalue weighted by Crippen LogP contribution is -2.37. The number of rotatable bonds is 1. The average molecular weight is 218 g/mol. The van der Waals surface area contributed by atoms with E-state index in [2.05, 4.69) is 5.32 Å². The van der Waals surface area contributed by atoms with Gasteiger partial charge in [0.05, 0.1) is 6.54 Å². The zero-order valence-electron chi connectivity index (χ0n) is 6.14. The summed E-state index contributed by atoms with van der Waals surface area (Å²) in [5, 5.41) is 3.38. The van der Waals surface area contributed by atoms with E-state index in [1.54, 1.807) is 0 Å². The predicted octanol–water partition coefficient (Wildman–Crippen LogP) is 1.64. The van der Waals surface area contributed by atoms with E-state index in [-0.39, 0.29) is 6.54 Å². The molecule has 3 nitrogen and oxygen atoms in total. The van der Waals surface area contributed by atoms with Gasteiger partial charge in [-0.15, -0.1) is 0 Å². The number of hydrogen-bond donors (Lipinski definition) is 0. The molecule has 1 radical (unpaired) electrons. The first-order valence-corrected chi connectivity index (χ1v) is 3.92. The van der Waals surface area contributed by atoms with Gasteiger partial charge < -0.3 is 4.90 Å². The molecular weight excluding hydrogens is 210 g/mol. The summed E-state index contributed by atoms with van der Waals surface area (Å²) in [6.45, 7) is 0.0356. The van der Waals surface area contributed by atoms with Gasteiger partial charge in [-0.05, 0) is 0 Å². The van der Waals surface area contributed by atoms with E-state index in [9.17, 15) is 4.79 Å². The summed E-state index contributed by atoms with van der Waals surface area (Å²) in [4.78, 5) is 12.0. The van der Waals surface area contributed by atoms with Crippen LogP contribution in [0, 0.1) is 0 Å². The molecule has 0 fully saturated rings. The van der Waals surface area contributed by atoms with Gasteiger partial charge in [-0.1, -0.05) is 34.8 Å². The van der Waals surface area contributed by atoms with Crippen molar-refractivity contribution in [2.75, 3.05) is 20.6 Å². The van der Waals surface area contributed by atoms with E-state index in [1.807, 2.05) is 0 Å². The second-order valence-electron chi connectivity index (χ2n) is 1.98. The molecular formula is C5H8Cl3N2O. The molecule has 0 aromatic rings. The summed E-state index contributed by atoms with van der Waals surface area (Å²) in [6.07, 6.45) is 0. The molecule has 0 spiro atoms. The van der Waals surface area contributed by atoms with Crippen LogP contribution in [0.4, 0.5) is 4.79 Å². The Balaban J connectivity index is 3.87. The van der Waals surface area contributed by atoms with Crippen LogP contribution in [0.1, 0.15) is 0 Å². The van der Waals surface area contributed by atoms with Crippen LogP contribution in [0.2, 0.25) is 0 Å². The highest BCUT2D eigenvalue weighted by molar-refractivity contribution is 6.67. The molecule has 0 aliphatic carbocycles. The third-order valence-corrected chi connectivity index (χ3v) is 1.29. The fraction of sp³-hybridized carbons (Fsp3) is 0.800. The number of carbonyl (C=O) groups excluding carboxylic acids is 1. The molecule has 0 heterocycles. The van der Waals surface area contributed by atoms with Crippen molar-refractivity contribution in [1.29, 1.82) is 0 Å². The van der Waals surface area contributed by atoms with E-state index in [0.29, 0.717) is 0 Å². The molecule has 0 aromatic heterocycles. The number of nitrogens with zero attached hydrogens (tertiary/aromatic N) is 2. The number of carbonyl (C=O) groups is 1. The maximum Gasteiger partial charge on any atom is 0.338 e. The van der Waals surface area contributed by atoms with Gasteiger partial charge in [0.1, 0.15) is 0 Å². The maximum absolute atomic E-state index is 10.8. The molecule has 0 rings (SSSR count). The number of urea groups is 1. The van der Waals surface area contributed by atoms with Gasteiger partial charge in [0, 0.05) is 14.1 Å². The Labute approximate surface area is 80.6 Å². The topological polar surface area (TPSA) is 34.4 Å². The normalized spacial score (nSPS) is 11.0. The van der Waals surface area contributed by atoms with Gasteiger partial charge in [-0.2, -0.15) is 0 Å². The smallest absolute Gasteiger partial charge is 0.322 e.